The molecule has 2 aromatic rings. The minimum atomic E-state index is 0.561. The van der Waals surface area contributed by atoms with Crippen LogP contribution in [-0.4, -0.2) is 13.2 Å². The number of carbonyl (C=O) groups excluding carboxylic acids is 1. The number of isocyanates is 1. The number of hydrogen-bond donors (Lipinski definition) is 0. The fourth-order valence-corrected chi connectivity index (χ4v) is 1.64. The fourth-order valence-electron chi connectivity index (χ4n) is 1.64. The number of aliphatic imine (C=N–C) groups is 1. The average molecular weight is 225 g/mol. The molecular weight excluding hydrogens is 214 g/mol. The van der Waals surface area contributed by atoms with Crippen molar-refractivity contribution >= 4 is 11.8 Å². The van der Waals surface area contributed by atoms with Crippen LogP contribution in [0.15, 0.2) is 53.5 Å². The maximum atomic E-state index is 10.4. The van der Waals surface area contributed by atoms with Gasteiger partial charge < -0.3 is 4.74 Å². The van der Waals surface area contributed by atoms with E-state index in [1.165, 1.54) is 0 Å². The number of benzene rings is 2. The first-order valence-corrected chi connectivity index (χ1v) is 5.16. The molecule has 0 saturated carbocycles. The zero-order valence-electron chi connectivity index (χ0n) is 9.38. The van der Waals surface area contributed by atoms with Gasteiger partial charge in [-0.25, -0.2) is 4.79 Å². The van der Waals surface area contributed by atoms with Gasteiger partial charge in [0, 0.05) is 11.6 Å². The normalized spacial score (nSPS) is 9.47. The highest BCUT2D eigenvalue weighted by molar-refractivity contribution is 5.78. The molecule has 3 nitrogen and oxygen atoms in total. The van der Waals surface area contributed by atoms with Gasteiger partial charge in [-0.1, -0.05) is 30.3 Å². The van der Waals surface area contributed by atoms with Crippen molar-refractivity contribution in [1.29, 1.82) is 0 Å². The van der Waals surface area contributed by atoms with E-state index in [1.807, 2.05) is 42.5 Å². The van der Waals surface area contributed by atoms with Crippen molar-refractivity contribution in [2.75, 3.05) is 7.11 Å². The zero-order chi connectivity index (χ0) is 12.1. The smallest absolute Gasteiger partial charge is 0.240 e. The first kappa shape index (κ1) is 11.1. The summed E-state index contributed by atoms with van der Waals surface area (Å²) in [5.74, 6) is 0.665. The Hall–Kier alpha value is -2.38. The number of hydrogen-bond acceptors (Lipinski definition) is 3. The quantitative estimate of drug-likeness (QED) is 0.593. The van der Waals surface area contributed by atoms with E-state index in [-0.39, 0.29) is 0 Å². The zero-order valence-corrected chi connectivity index (χ0v) is 9.38. The molecule has 3 heteroatoms. The van der Waals surface area contributed by atoms with E-state index < -0.39 is 0 Å². The van der Waals surface area contributed by atoms with E-state index >= 15 is 0 Å². The second-order valence-corrected chi connectivity index (χ2v) is 3.45. The average Bonchev–Trinajstić information content (AvgIpc) is 2.40. The van der Waals surface area contributed by atoms with Gasteiger partial charge in [0.05, 0.1) is 12.8 Å². The summed E-state index contributed by atoms with van der Waals surface area (Å²) in [5.41, 5.74) is 2.45. The molecule has 0 N–H and O–H groups in total. The van der Waals surface area contributed by atoms with Crippen molar-refractivity contribution in [1.82, 2.24) is 0 Å². The molecule has 0 spiro atoms. The summed E-state index contributed by atoms with van der Waals surface area (Å²) in [5, 5.41) is 0. The summed E-state index contributed by atoms with van der Waals surface area (Å²) in [6.07, 6.45) is 1.56. The summed E-state index contributed by atoms with van der Waals surface area (Å²) in [6, 6.07) is 15.2. The van der Waals surface area contributed by atoms with Gasteiger partial charge >= 0.3 is 0 Å². The fraction of sp³-hybridized carbons (Fsp3) is 0.0714. The van der Waals surface area contributed by atoms with Crippen molar-refractivity contribution < 1.29 is 9.53 Å². The van der Waals surface area contributed by atoms with Gasteiger partial charge in [0.1, 0.15) is 5.75 Å². The van der Waals surface area contributed by atoms with Crippen molar-refractivity contribution in [3.8, 4) is 16.9 Å². The van der Waals surface area contributed by atoms with Crippen LogP contribution in [0, 0.1) is 0 Å². The lowest BCUT2D eigenvalue weighted by molar-refractivity contribution is 0.415. The molecule has 84 valence electrons. The van der Waals surface area contributed by atoms with Crippen LogP contribution < -0.4 is 4.74 Å². The molecule has 0 amide bonds. The third-order valence-electron chi connectivity index (χ3n) is 2.46. The van der Waals surface area contributed by atoms with Crippen LogP contribution in [0.2, 0.25) is 0 Å². The molecule has 0 aromatic heterocycles. The van der Waals surface area contributed by atoms with Crippen LogP contribution in [0.5, 0.6) is 5.75 Å². The summed E-state index contributed by atoms with van der Waals surface area (Å²) >= 11 is 0. The third kappa shape index (κ3) is 2.41. The third-order valence-corrected chi connectivity index (χ3v) is 2.46. The van der Waals surface area contributed by atoms with E-state index in [1.54, 1.807) is 19.3 Å². The van der Waals surface area contributed by atoms with Gasteiger partial charge in [0.15, 0.2) is 0 Å². The molecule has 0 fully saturated rings. The Morgan fingerprint density at radius 2 is 1.88 bits per heavy atom. The molecule has 2 aromatic carbocycles. The van der Waals surface area contributed by atoms with E-state index in [0.717, 1.165) is 11.1 Å². The second-order valence-electron chi connectivity index (χ2n) is 3.45. The number of methoxy groups -OCH3 is 1. The highest BCUT2D eigenvalue weighted by atomic mass is 16.5. The van der Waals surface area contributed by atoms with Crippen molar-refractivity contribution in [2.45, 2.75) is 0 Å². The molecule has 0 unspecified atom stereocenters. The van der Waals surface area contributed by atoms with Crippen LogP contribution >= 0.6 is 0 Å². The van der Waals surface area contributed by atoms with Crippen molar-refractivity contribution in [3.63, 3.8) is 0 Å². The lowest BCUT2D eigenvalue weighted by Crippen LogP contribution is -1.84. The van der Waals surface area contributed by atoms with Gasteiger partial charge in [-0.2, -0.15) is 4.99 Å². The Bertz CT molecular complexity index is 558. The Morgan fingerprint density at radius 1 is 1.12 bits per heavy atom. The Labute approximate surface area is 99.4 Å². The maximum absolute atomic E-state index is 10.4. The first-order valence-electron chi connectivity index (χ1n) is 5.16. The van der Waals surface area contributed by atoms with Gasteiger partial charge in [0.2, 0.25) is 6.08 Å². The predicted octanol–water partition coefficient (Wildman–Crippen LogP) is 3.33. The van der Waals surface area contributed by atoms with Crippen LogP contribution in [0.25, 0.3) is 11.1 Å². The molecule has 0 bridgehead atoms. The number of rotatable bonds is 3. The summed E-state index contributed by atoms with van der Waals surface area (Å²) in [4.78, 5) is 14.1. The minimum Gasteiger partial charge on any atom is -0.497 e. The predicted molar refractivity (Wildman–Crippen MR) is 66.2 cm³/mol. The van der Waals surface area contributed by atoms with E-state index in [2.05, 4.69) is 4.99 Å². The SMILES string of the molecule is COc1ccc(-c2ccccc2)c(N=C=O)c1. The molecule has 0 radical (unpaired) electrons. The van der Waals surface area contributed by atoms with Crippen LogP contribution in [0.4, 0.5) is 5.69 Å². The molecule has 0 aliphatic rings. The topological polar surface area (TPSA) is 38.7 Å². The highest BCUT2D eigenvalue weighted by Crippen LogP contribution is 2.33. The van der Waals surface area contributed by atoms with Crippen molar-refractivity contribution in [3.05, 3.63) is 48.5 Å². The summed E-state index contributed by atoms with van der Waals surface area (Å²) < 4.78 is 5.10. The van der Waals surface area contributed by atoms with Crippen molar-refractivity contribution in [2.24, 2.45) is 4.99 Å². The van der Waals surface area contributed by atoms with Gasteiger partial charge in [-0.3, -0.25) is 0 Å². The molecule has 0 atom stereocenters. The summed E-state index contributed by atoms with van der Waals surface area (Å²) in [6.45, 7) is 0. The van der Waals surface area contributed by atoms with Gasteiger partial charge in [0.25, 0.3) is 0 Å². The molecule has 0 heterocycles. The number of ether oxygens (including phenoxy) is 1. The molecular formula is C14H11NO2. The largest absolute Gasteiger partial charge is 0.497 e. The highest BCUT2D eigenvalue weighted by Gasteiger charge is 2.05. The minimum absolute atomic E-state index is 0.561. The first-order chi connectivity index (χ1) is 8.35. The monoisotopic (exact) mass is 225 g/mol. The molecule has 0 aliphatic heterocycles. The van der Waals surface area contributed by atoms with E-state index in [9.17, 15) is 4.79 Å². The maximum Gasteiger partial charge on any atom is 0.240 e. The van der Waals surface area contributed by atoms with Gasteiger partial charge in [-0.05, 0) is 17.7 Å². The standard InChI is InChI=1S/C14H11NO2/c1-17-12-7-8-13(14(9-12)15-10-16)11-5-3-2-4-6-11/h2-9H,1H3. The second kappa shape index (κ2) is 5.10. The van der Waals surface area contributed by atoms with E-state index in [0.29, 0.717) is 11.4 Å². The van der Waals surface area contributed by atoms with Crippen LogP contribution in [0.3, 0.4) is 0 Å². The van der Waals surface area contributed by atoms with E-state index in [4.69, 9.17) is 4.74 Å². The lowest BCUT2D eigenvalue weighted by Gasteiger charge is -2.06. The molecule has 17 heavy (non-hydrogen) atoms. The van der Waals surface area contributed by atoms with Crippen LogP contribution in [0.1, 0.15) is 0 Å². The Kier molecular flexibility index (Phi) is 3.34. The van der Waals surface area contributed by atoms with Gasteiger partial charge in [-0.15, -0.1) is 0 Å². The molecule has 2 rings (SSSR count). The molecule has 0 aliphatic carbocycles. The lowest BCUT2D eigenvalue weighted by atomic mass is 10.0. The Morgan fingerprint density at radius 3 is 2.53 bits per heavy atom. The Balaban J connectivity index is 2.57. The number of nitrogens with zero attached hydrogens (tertiary/aromatic N) is 1. The van der Waals surface area contributed by atoms with Crippen LogP contribution in [-0.2, 0) is 4.79 Å². The molecule has 0 saturated heterocycles. The summed E-state index contributed by atoms with van der Waals surface area (Å²) in [7, 11) is 1.58.